The second-order valence-corrected chi connectivity index (χ2v) is 8.68. The largest absolute Gasteiger partial charge is 1.00 e. The van der Waals surface area contributed by atoms with E-state index >= 15 is 0 Å². The predicted molar refractivity (Wildman–Crippen MR) is 113 cm³/mol. The van der Waals surface area contributed by atoms with Gasteiger partial charge in [0.1, 0.15) is 17.9 Å². The van der Waals surface area contributed by atoms with E-state index in [0.29, 0.717) is 11.8 Å². The van der Waals surface area contributed by atoms with Gasteiger partial charge in [0.25, 0.3) is 0 Å². The molecule has 0 radical (unpaired) electrons. The first-order chi connectivity index (χ1) is 13.6. The molecule has 4 heterocycles. The Labute approximate surface area is 180 Å². The molecule has 1 N–H and O–H groups in total. The summed E-state index contributed by atoms with van der Waals surface area (Å²) in [6.07, 6.45) is 8.25. The second kappa shape index (κ2) is 9.03. The van der Waals surface area contributed by atoms with E-state index in [1.54, 1.807) is 7.11 Å². The van der Waals surface area contributed by atoms with E-state index in [-0.39, 0.29) is 18.4 Å². The highest BCUT2D eigenvalue weighted by atomic mass is 35.5. The Morgan fingerprint density at radius 3 is 2.93 bits per heavy atom. The number of unbranched alkanes of at least 4 members (excludes halogenated alkanes) is 1. The molecule has 0 aliphatic carbocycles. The lowest BCUT2D eigenvalue weighted by atomic mass is 9.71. The minimum Gasteiger partial charge on any atom is -1.00 e. The van der Waals surface area contributed by atoms with Gasteiger partial charge in [0, 0.05) is 30.3 Å². The zero-order valence-electron chi connectivity index (χ0n) is 17.6. The number of aliphatic hydroxyl groups is 1. The number of hydrogen-bond acceptors (Lipinski definition) is 3. The van der Waals surface area contributed by atoms with Crippen LogP contribution in [0.2, 0.25) is 0 Å². The molecule has 0 spiro atoms. The Morgan fingerprint density at radius 2 is 2.21 bits per heavy atom. The zero-order chi connectivity index (χ0) is 19.7. The topological polar surface area (TPSA) is 42.4 Å². The molecule has 0 saturated carbocycles. The normalized spacial score (nSPS) is 29.3. The second-order valence-electron chi connectivity index (χ2n) is 8.68. The highest BCUT2D eigenvalue weighted by Crippen LogP contribution is 2.47. The van der Waals surface area contributed by atoms with Gasteiger partial charge in [-0.2, -0.15) is 0 Å². The van der Waals surface area contributed by atoms with Crippen molar-refractivity contribution in [1.29, 1.82) is 0 Å². The molecule has 3 aliphatic heterocycles. The molecule has 3 unspecified atom stereocenters. The Kier molecular flexibility index (Phi) is 6.87. The molecule has 1 aromatic carbocycles. The summed E-state index contributed by atoms with van der Waals surface area (Å²) in [5, 5.41) is 12.6. The summed E-state index contributed by atoms with van der Waals surface area (Å²) in [5.74, 6) is 2.05. The number of aromatic nitrogens is 1. The number of ether oxygens (including phenoxy) is 1. The van der Waals surface area contributed by atoms with Gasteiger partial charge in [-0.05, 0) is 42.2 Å². The van der Waals surface area contributed by atoms with Crippen LogP contribution in [0.5, 0.6) is 5.75 Å². The van der Waals surface area contributed by atoms with E-state index in [0.717, 1.165) is 46.2 Å². The molecule has 3 fully saturated rings. The number of halogens is 1. The van der Waals surface area contributed by atoms with Gasteiger partial charge in [0.05, 0.1) is 32.3 Å². The van der Waals surface area contributed by atoms with Crippen molar-refractivity contribution >= 4 is 10.9 Å². The molecule has 5 rings (SSSR count). The van der Waals surface area contributed by atoms with Crippen molar-refractivity contribution in [2.45, 2.75) is 44.8 Å². The maximum atomic E-state index is 11.6. The molecule has 2 aromatic rings. The van der Waals surface area contributed by atoms with Crippen molar-refractivity contribution in [3.63, 3.8) is 0 Å². The van der Waals surface area contributed by atoms with Crippen LogP contribution in [0.3, 0.4) is 0 Å². The fourth-order valence-electron chi connectivity index (χ4n) is 5.70. The summed E-state index contributed by atoms with van der Waals surface area (Å²) >= 11 is 0. The average Bonchev–Trinajstić information content (AvgIpc) is 2.76. The average molecular weight is 417 g/mol. The maximum Gasteiger partial charge on any atom is 0.131 e. The van der Waals surface area contributed by atoms with E-state index in [9.17, 15) is 5.11 Å². The molecule has 0 amide bonds. The Balaban J connectivity index is 0.00000240. The van der Waals surface area contributed by atoms with Crippen molar-refractivity contribution in [3.8, 4) is 5.75 Å². The molecule has 158 valence electrons. The van der Waals surface area contributed by atoms with E-state index < -0.39 is 6.10 Å². The lowest BCUT2D eigenvalue weighted by Gasteiger charge is -2.58. The monoisotopic (exact) mass is 416 g/mol. The summed E-state index contributed by atoms with van der Waals surface area (Å²) in [7, 11) is 1.68. The molecule has 1 aromatic heterocycles. The van der Waals surface area contributed by atoms with Gasteiger partial charge in [0.15, 0.2) is 0 Å². The third-order valence-corrected chi connectivity index (χ3v) is 7.30. The van der Waals surface area contributed by atoms with Gasteiger partial charge in [-0.1, -0.05) is 19.4 Å². The van der Waals surface area contributed by atoms with E-state index in [4.69, 9.17) is 4.74 Å². The number of nitrogens with zero attached hydrogens (tertiary/aromatic N) is 2. The van der Waals surface area contributed by atoms with Crippen molar-refractivity contribution in [2.24, 2.45) is 11.8 Å². The number of pyridine rings is 1. The third-order valence-electron chi connectivity index (χ3n) is 7.30. The highest BCUT2D eigenvalue weighted by molar-refractivity contribution is 5.83. The third kappa shape index (κ3) is 3.90. The van der Waals surface area contributed by atoms with Crippen molar-refractivity contribution in [3.05, 3.63) is 48.7 Å². The van der Waals surface area contributed by atoms with E-state index in [2.05, 4.69) is 24.6 Å². The summed E-state index contributed by atoms with van der Waals surface area (Å²) in [6.45, 7) is 9.83. The van der Waals surface area contributed by atoms with Crippen LogP contribution in [0, 0.1) is 11.8 Å². The van der Waals surface area contributed by atoms with Crippen LogP contribution in [0.1, 0.15) is 44.3 Å². The van der Waals surface area contributed by atoms with Crippen LogP contribution in [0.25, 0.3) is 10.9 Å². The van der Waals surface area contributed by atoms with Crippen molar-refractivity contribution < 1.29 is 26.7 Å². The summed E-state index contributed by atoms with van der Waals surface area (Å²) < 4.78 is 6.47. The van der Waals surface area contributed by atoms with E-state index in [1.165, 1.54) is 25.8 Å². The van der Waals surface area contributed by atoms with Gasteiger partial charge in [0.2, 0.25) is 0 Å². The van der Waals surface area contributed by atoms with Crippen molar-refractivity contribution in [2.75, 3.05) is 26.7 Å². The van der Waals surface area contributed by atoms with Crippen LogP contribution >= 0.6 is 0 Å². The molecule has 2 bridgehead atoms. The molecular weight excluding hydrogens is 384 g/mol. The van der Waals surface area contributed by atoms with Gasteiger partial charge >= 0.3 is 0 Å². The molecule has 29 heavy (non-hydrogen) atoms. The number of piperidine rings is 3. The minimum absolute atomic E-state index is 0. The molecular formula is C24H33ClN2O2. The Morgan fingerprint density at radius 1 is 1.38 bits per heavy atom. The first-order valence-corrected chi connectivity index (χ1v) is 10.7. The van der Waals surface area contributed by atoms with Crippen LogP contribution in [0.15, 0.2) is 43.1 Å². The number of quaternary nitrogens is 1. The molecule has 4 nitrogen and oxygen atoms in total. The molecule has 3 aliphatic rings. The van der Waals surface area contributed by atoms with E-state index in [1.807, 2.05) is 30.5 Å². The molecule has 5 heteroatoms. The van der Waals surface area contributed by atoms with Crippen molar-refractivity contribution in [1.82, 2.24) is 4.98 Å². The number of hydrogen-bond donors (Lipinski definition) is 1. The van der Waals surface area contributed by atoms with Gasteiger partial charge in [-0.3, -0.25) is 4.98 Å². The standard InChI is InChI=1S/C24H33N2O2.ClH/c1-4-6-12-26-13-10-18(17(5-2)16-26)14-23(26)24(27)20-9-11-25-22-8-7-19(28-3)15-21(20)22;/h5,7-9,11,15,17-18,23-24,27H,2,4,6,10,12-14,16H2,1,3H3;1H/q+1;/p-1/t17?,18?,23-,24-,26?;/m0./s1. The lowest BCUT2D eigenvalue weighted by molar-refractivity contribution is -0.973. The lowest BCUT2D eigenvalue weighted by Crippen LogP contribution is -3.00. The predicted octanol–water partition coefficient (Wildman–Crippen LogP) is 1.49. The number of fused-ring (bicyclic) bond motifs is 4. The number of rotatable bonds is 7. The molecule has 5 atom stereocenters. The first kappa shape index (κ1) is 22.1. The summed E-state index contributed by atoms with van der Waals surface area (Å²) in [6, 6.07) is 8.17. The first-order valence-electron chi connectivity index (χ1n) is 10.7. The zero-order valence-corrected chi connectivity index (χ0v) is 18.3. The fraction of sp³-hybridized carbons (Fsp3) is 0.542. The molecule has 3 saturated heterocycles. The van der Waals surface area contributed by atoms with Gasteiger partial charge in [-0.15, -0.1) is 6.58 Å². The number of methoxy groups -OCH3 is 1. The maximum absolute atomic E-state index is 11.6. The van der Waals surface area contributed by atoms with Crippen LogP contribution in [-0.2, 0) is 0 Å². The minimum atomic E-state index is -0.483. The number of aliphatic hydroxyl groups excluding tert-OH is 1. The Bertz CT molecular complexity index is 858. The highest BCUT2D eigenvalue weighted by Gasteiger charge is 2.53. The summed E-state index contributed by atoms with van der Waals surface area (Å²) in [4.78, 5) is 4.50. The van der Waals surface area contributed by atoms with Crippen LogP contribution < -0.4 is 17.1 Å². The fourth-order valence-corrected chi connectivity index (χ4v) is 5.70. The van der Waals surface area contributed by atoms with Crippen LogP contribution in [0.4, 0.5) is 0 Å². The summed E-state index contributed by atoms with van der Waals surface area (Å²) in [5.41, 5.74) is 1.91. The van der Waals surface area contributed by atoms with Gasteiger partial charge < -0.3 is 26.7 Å². The number of benzene rings is 1. The quantitative estimate of drug-likeness (QED) is 0.549. The van der Waals surface area contributed by atoms with Crippen LogP contribution in [-0.4, -0.2) is 47.4 Å². The van der Waals surface area contributed by atoms with Gasteiger partial charge in [-0.25, -0.2) is 0 Å². The Hall–Kier alpha value is -1.62. The smallest absolute Gasteiger partial charge is 0.131 e. The SMILES string of the molecule is C=CC1C[N+]2(CCCC)CCC1C[C@H]2[C@@H](O)c1ccnc2ccc(OC)cc12.[Cl-].